The number of hydrogen-bond donors (Lipinski definition) is 1. The fourth-order valence-electron chi connectivity index (χ4n) is 2.08. The third-order valence-corrected chi connectivity index (χ3v) is 3.97. The first-order chi connectivity index (χ1) is 10.5. The van der Waals surface area contributed by atoms with Crippen molar-refractivity contribution in [2.75, 3.05) is 11.9 Å². The van der Waals surface area contributed by atoms with E-state index in [0.29, 0.717) is 24.7 Å². The summed E-state index contributed by atoms with van der Waals surface area (Å²) < 4.78 is 6.95. The number of nitrogens with one attached hydrogen (secondary N) is 1. The van der Waals surface area contributed by atoms with Crippen molar-refractivity contribution < 1.29 is 14.3 Å². The molecule has 0 radical (unpaired) electrons. The van der Waals surface area contributed by atoms with Crippen molar-refractivity contribution in [2.24, 2.45) is 0 Å². The van der Waals surface area contributed by atoms with Crippen LogP contribution in [0.3, 0.4) is 0 Å². The average molecular weight is 321 g/mol. The summed E-state index contributed by atoms with van der Waals surface area (Å²) in [6.45, 7) is 6.67. The van der Waals surface area contributed by atoms with E-state index in [1.165, 1.54) is 11.3 Å². The predicted molar refractivity (Wildman–Crippen MR) is 85.2 cm³/mol. The molecule has 0 aliphatic heterocycles. The van der Waals surface area contributed by atoms with Gasteiger partial charge in [-0.1, -0.05) is 0 Å². The summed E-state index contributed by atoms with van der Waals surface area (Å²) in [4.78, 5) is 27.5. The molecule has 0 bridgehead atoms. The molecule has 0 unspecified atom stereocenters. The summed E-state index contributed by atoms with van der Waals surface area (Å²) >= 11 is 1.21. The van der Waals surface area contributed by atoms with Gasteiger partial charge in [0.05, 0.1) is 6.61 Å². The van der Waals surface area contributed by atoms with Crippen LogP contribution in [0.5, 0.6) is 0 Å². The quantitative estimate of drug-likeness (QED) is 0.830. The smallest absolute Gasteiger partial charge is 0.357 e. The van der Waals surface area contributed by atoms with Gasteiger partial charge >= 0.3 is 5.97 Å². The van der Waals surface area contributed by atoms with E-state index < -0.39 is 5.97 Å². The summed E-state index contributed by atoms with van der Waals surface area (Å²) in [6.07, 6.45) is 0.352. The SMILES string of the molecule is CCOC(=O)c1csc(NC(=O)CCn2c(C)ccc2C)n1. The first kappa shape index (κ1) is 16.2. The predicted octanol–water partition coefficient (Wildman–Crippen LogP) is 2.77. The van der Waals surface area contributed by atoms with Crippen LogP contribution in [-0.4, -0.2) is 28.0 Å². The topological polar surface area (TPSA) is 73.2 Å². The van der Waals surface area contributed by atoms with Gasteiger partial charge in [-0.15, -0.1) is 11.3 Å². The number of carbonyl (C=O) groups excluding carboxylic acids is 2. The lowest BCUT2D eigenvalue weighted by Crippen LogP contribution is -2.15. The van der Waals surface area contributed by atoms with Gasteiger partial charge in [0.15, 0.2) is 10.8 Å². The highest BCUT2D eigenvalue weighted by Crippen LogP contribution is 2.16. The van der Waals surface area contributed by atoms with Crippen molar-refractivity contribution in [3.8, 4) is 0 Å². The van der Waals surface area contributed by atoms with Gasteiger partial charge in [0, 0.05) is 29.7 Å². The van der Waals surface area contributed by atoms with Crippen LogP contribution in [0.1, 0.15) is 35.2 Å². The van der Waals surface area contributed by atoms with Gasteiger partial charge in [0.1, 0.15) is 0 Å². The molecule has 0 spiro atoms. The van der Waals surface area contributed by atoms with Gasteiger partial charge in [-0.3, -0.25) is 4.79 Å². The molecule has 2 heterocycles. The number of nitrogens with zero attached hydrogens (tertiary/aromatic N) is 2. The Morgan fingerprint density at radius 2 is 2.00 bits per heavy atom. The Bertz CT molecular complexity index is 656. The van der Waals surface area contributed by atoms with Crippen LogP contribution in [0, 0.1) is 13.8 Å². The molecule has 0 aliphatic carbocycles. The Hall–Kier alpha value is -2.15. The van der Waals surface area contributed by atoms with Gasteiger partial charge in [-0.05, 0) is 32.9 Å². The molecular formula is C15H19N3O3S. The molecule has 0 fully saturated rings. The first-order valence-corrected chi connectivity index (χ1v) is 7.94. The number of ether oxygens (including phenoxy) is 1. The second-order valence-electron chi connectivity index (χ2n) is 4.82. The van der Waals surface area contributed by atoms with Gasteiger partial charge in [-0.25, -0.2) is 9.78 Å². The molecule has 2 aromatic heterocycles. The van der Waals surface area contributed by atoms with E-state index in [9.17, 15) is 9.59 Å². The number of rotatable bonds is 6. The van der Waals surface area contributed by atoms with E-state index in [-0.39, 0.29) is 11.6 Å². The number of esters is 1. The highest BCUT2D eigenvalue weighted by Gasteiger charge is 2.13. The lowest BCUT2D eigenvalue weighted by Gasteiger charge is -2.08. The monoisotopic (exact) mass is 321 g/mol. The van der Waals surface area contributed by atoms with E-state index in [1.54, 1.807) is 12.3 Å². The Morgan fingerprint density at radius 3 is 2.64 bits per heavy atom. The lowest BCUT2D eigenvalue weighted by molar-refractivity contribution is -0.116. The van der Waals surface area contributed by atoms with Crippen molar-refractivity contribution in [3.63, 3.8) is 0 Å². The minimum Gasteiger partial charge on any atom is -0.461 e. The van der Waals surface area contributed by atoms with Crippen molar-refractivity contribution in [3.05, 3.63) is 34.6 Å². The summed E-state index contributed by atoms with van der Waals surface area (Å²) in [6, 6.07) is 4.05. The van der Waals surface area contributed by atoms with E-state index >= 15 is 0 Å². The fourth-order valence-corrected chi connectivity index (χ4v) is 2.77. The number of thiazole rings is 1. The van der Waals surface area contributed by atoms with Gasteiger partial charge in [-0.2, -0.15) is 0 Å². The van der Waals surface area contributed by atoms with Crippen LogP contribution in [0.25, 0.3) is 0 Å². The molecule has 0 aromatic carbocycles. The van der Waals surface area contributed by atoms with Crippen LogP contribution in [0.4, 0.5) is 5.13 Å². The third-order valence-electron chi connectivity index (χ3n) is 3.21. The van der Waals surface area contributed by atoms with E-state index in [4.69, 9.17) is 4.74 Å². The first-order valence-electron chi connectivity index (χ1n) is 7.06. The highest BCUT2D eigenvalue weighted by atomic mass is 32.1. The Kier molecular flexibility index (Phi) is 5.32. The molecule has 0 saturated carbocycles. The fraction of sp³-hybridized carbons (Fsp3) is 0.400. The van der Waals surface area contributed by atoms with E-state index in [1.807, 2.05) is 26.0 Å². The molecule has 6 nitrogen and oxygen atoms in total. The normalized spacial score (nSPS) is 10.5. The summed E-state index contributed by atoms with van der Waals surface area (Å²) in [5.74, 6) is -0.602. The zero-order valence-corrected chi connectivity index (χ0v) is 13.7. The Morgan fingerprint density at radius 1 is 1.32 bits per heavy atom. The average Bonchev–Trinajstić information content (AvgIpc) is 3.05. The van der Waals surface area contributed by atoms with Crippen LogP contribution >= 0.6 is 11.3 Å². The molecule has 22 heavy (non-hydrogen) atoms. The van der Waals surface area contributed by atoms with Gasteiger partial charge in [0.25, 0.3) is 0 Å². The minimum absolute atomic E-state index is 0.128. The third kappa shape index (κ3) is 3.94. The van der Waals surface area contributed by atoms with E-state index in [0.717, 1.165) is 11.4 Å². The van der Waals surface area contributed by atoms with Crippen molar-refractivity contribution in [1.29, 1.82) is 0 Å². The molecule has 0 atom stereocenters. The van der Waals surface area contributed by atoms with Crippen molar-refractivity contribution in [2.45, 2.75) is 33.7 Å². The molecule has 0 saturated heterocycles. The summed E-state index contributed by atoms with van der Waals surface area (Å²) in [5.41, 5.74) is 2.48. The van der Waals surface area contributed by atoms with E-state index in [2.05, 4.69) is 14.9 Å². The second kappa shape index (κ2) is 7.22. The molecule has 2 aromatic rings. The van der Waals surface area contributed by atoms with Crippen LogP contribution in [-0.2, 0) is 16.1 Å². The molecule has 1 amide bonds. The maximum absolute atomic E-state index is 12.0. The molecular weight excluding hydrogens is 302 g/mol. The van der Waals surface area contributed by atoms with Gasteiger partial charge in [0.2, 0.25) is 5.91 Å². The van der Waals surface area contributed by atoms with Crippen molar-refractivity contribution in [1.82, 2.24) is 9.55 Å². The zero-order valence-electron chi connectivity index (χ0n) is 12.9. The lowest BCUT2D eigenvalue weighted by atomic mass is 10.3. The molecule has 7 heteroatoms. The molecule has 118 valence electrons. The highest BCUT2D eigenvalue weighted by molar-refractivity contribution is 7.14. The summed E-state index contributed by atoms with van der Waals surface area (Å²) in [7, 11) is 0. The number of hydrogen-bond acceptors (Lipinski definition) is 5. The molecule has 2 rings (SSSR count). The van der Waals surface area contributed by atoms with Gasteiger partial charge < -0.3 is 14.6 Å². The number of aryl methyl sites for hydroxylation is 2. The second-order valence-corrected chi connectivity index (χ2v) is 5.68. The molecule has 1 N–H and O–H groups in total. The maximum atomic E-state index is 12.0. The summed E-state index contributed by atoms with van der Waals surface area (Å²) in [5, 5.41) is 4.70. The Labute approximate surface area is 133 Å². The number of aromatic nitrogens is 2. The molecule has 0 aliphatic rings. The minimum atomic E-state index is -0.474. The van der Waals surface area contributed by atoms with Crippen LogP contribution < -0.4 is 5.32 Å². The van der Waals surface area contributed by atoms with Crippen LogP contribution in [0.2, 0.25) is 0 Å². The van der Waals surface area contributed by atoms with Crippen LogP contribution in [0.15, 0.2) is 17.5 Å². The largest absolute Gasteiger partial charge is 0.461 e. The number of carbonyl (C=O) groups is 2. The number of anilines is 1. The standard InChI is InChI=1S/C15H19N3O3S/c1-4-21-14(20)12-9-22-15(16-12)17-13(19)7-8-18-10(2)5-6-11(18)3/h5-6,9H,4,7-8H2,1-3H3,(H,16,17,19). The maximum Gasteiger partial charge on any atom is 0.357 e. The number of amides is 1. The zero-order chi connectivity index (χ0) is 16.1. The Balaban J connectivity index is 1.88. The van der Waals surface area contributed by atoms with Crippen molar-refractivity contribution >= 4 is 28.3 Å².